The molecule has 1 aliphatic heterocycles. The number of nitrogens with zero attached hydrogens (tertiary/aromatic N) is 1. The molecule has 0 saturated carbocycles. The summed E-state index contributed by atoms with van der Waals surface area (Å²) in [5.74, 6) is 0.0401. The Morgan fingerprint density at radius 2 is 2.35 bits per heavy atom. The SMILES string of the molecule is Cc1ccc([N+](=O)[O-])c(OCCC(=O)N[C@H](C)[C@H]2CCCO2)c1. The lowest BCUT2D eigenvalue weighted by molar-refractivity contribution is -0.385. The third-order valence-electron chi connectivity index (χ3n) is 3.81. The lowest BCUT2D eigenvalue weighted by Crippen LogP contribution is -2.41. The highest BCUT2D eigenvalue weighted by Gasteiger charge is 2.23. The fraction of sp³-hybridized carbons (Fsp3) is 0.562. The van der Waals surface area contributed by atoms with Gasteiger partial charge in [0.25, 0.3) is 0 Å². The summed E-state index contributed by atoms with van der Waals surface area (Å²) < 4.78 is 10.9. The molecule has 1 amide bonds. The van der Waals surface area contributed by atoms with Crippen molar-refractivity contribution in [1.82, 2.24) is 5.32 Å². The van der Waals surface area contributed by atoms with Crippen molar-refractivity contribution in [3.63, 3.8) is 0 Å². The topological polar surface area (TPSA) is 90.7 Å². The molecule has 0 unspecified atom stereocenters. The number of nitrogens with one attached hydrogen (secondary N) is 1. The molecule has 1 aliphatic rings. The van der Waals surface area contributed by atoms with Gasteiger partial charge in [-0.3, -0.25) is 14.9 Å². The Labute approximate surface area is 135 Å². The number of ether oxygens (including phenoxy) is 2. The first-order chi connectivity index (χ1) is 11.0. The Morgan fingerprint density at radius 1 is 1.57 bits per heavy atom. The van der Waals surface area contributed by atoms with Gasteiger partial charge < -0.3 is 14.8 Å². The Bertz CT molecular complexity index is 570. The van der Waals surface area contributed by atoms with Gasteiger partial charge in [-0.25, -0.2) is 0 Å². The van der Waals surface area contributed by atoms with Crippen LogP contribution in [0.5, 0.6) is 5.75 Å². The van der Waals surface area contributed by atoms with E-state index in [0.29, 0.717) is 0 Å². The van der Waals surface area contributed by atoms with Crippen molar-refractivity contribution < 1.29 is 19.2 Å². The van der Waals surface area contributed by atoms with Crippen molar-refractivity contribution in [3.05, 3.63) is 33.9 Å². The molecule has 2 rings (SSSR count). The van der Waals surface area contributed by atoms with Crippen molar-refractivity contribution in [1.29, 1.82) is 0 Å². The van der Waals surface area contributed by atoms with E-state index in [2.05, 4.69) is 5.32 Å². The lowest BCUT2D eigenvalue weighted by atomic mass is 10.1. The van der Waals surface area contributed by atoms with Crippen LogP contribution < -0.4 is 10.1 Å². The van der Waals surface area contributed by atoms with E-state index in [0.717, 1.165) is 25.0 Å². The Balaban J connectivity index is 1.81. The van der Waals surface area contributed by atoms with Gasteiger partial charge >= 0.3 is 5.69 Å². The van der Waals surface area contributed by atoms with Crippen molar-refractivity contribution in [2.75, 3.05) is 13.2 Å². The van der Waals surface area contributed by atoms with E-state index >= 15 is 0 Å². The number of rotatable bonds is 7. The highest BCUT2D eigenvalue weighted by Crippen LogP contribution is 2.27. The van der Waals surface area contributed by atoms with Gasteiger partial charge in [-0.05, 0) is 38.3 Å². The molecule has 0 aliphatic carbocycles. The maximum Gasteiger partial charge on any atom is 0.310 e. The van der Waals surface area contributed by atoms with Gasteiger partial charge in [-0.2, -0.15) is 0 Å². The van der Waals surface area contributed by atoms with Crippen LogP contribution in [0.15, 0.2) is 18.2 Å². The normalized spacial score (nSPS) is 18.4. The highest BCUT2D eigenvalue weighted by molar-refractivity contribution is 5.76. The summed E-state index contributed by atoms with van der Waals surface area (Å²) in [6.07, 6.45) is 2.18. The van der Waals surface area contributed by atoms with Gasteiger partial charge in [0.05, 0.1) is 30.1 Å². The van der Waals surface area contributed by atoms with Gasteiger partial charge in [0, 0.05) is 12.7 Å². The molecule has 1 N–H and O–H groups in total. The summed E-state index contributed by atoms with van der Waals surface area (Å²) in [5.41, 5.74) is 0.769. The zero-order valence-electron chi connectivity index (χ0n) is 13.4. The number of hydrogen-bond acceptors (Lipinski definition) is 5. The molecule has 0 bridgehead atoms. The molecule has 1 aromatic rings. The predicted octanol–water partition coefficient (Wildman–Crippen LogP) is 2.36. The van der Waals surface area contributed by atoms with Crippen LogP contribution >= 0.6 is 0 Å². The molecule has 0 spiro atoms. The predicted molar refractivity (Wildman–Crippen MR) is 84.5 cm³/mol. The van der Waals surface area contributed by atoms with Crippen molar-refractivity contribution in [2.24, 2.45) is 0 Å². The van der Waals surface area contributed by atoms with Crippen LogP contribution in [-0.2, 0) is 9.53 Å². The number of carbonyl (C=O) groups excluding carboxylic acids is 1. The monoisotopic (exact) mass is 322 g/mol. The molecule has 7 nitrogen and oxygen atoms in total. The maximum atomic E-state index is 11.9. The van der Waals surface area contributed by atoms with E-state index in [1.165, 1.54) is 6.07 Å². The molecule has 2 atom stereocenters. The number of hydrogen-bond donors (Lipinski definition) is 1. The number of nitro benzene ring substituents is 1. The van der Waals surface area contributed by atoms with Crippen molar-refractivity contribution in [2.45, 2.75) is 45.3 Å². The van der Waals surface area contributed by atoms with E-state index in [4.69, 9.17) is 9.47 Å². The number of carbonyl (C=O) groups is 1. The number of benzene rings is 1. The minimum absolute atomic E-state index is 0.0432. The largest absolute Gasteiger partial charge is 0.486 e. The van der Waals surface area contributed by atoms with E-state index in [1.54, 1.807) is 12.1 Å². The smallest absolute Gasteiger partial charge is 0.310 e. The van der Waals surface area contributed by atoms with E-state index in [-0.39, 0.29) is 42.5 Å². The molecule has 7 heteroatoms. The molecular weight excluding hydrogens is 300 g/mol. The van der Waals surface area contributed by atoms with Crippen molar-refractivity contribution >= 4 is 11.6 Å². The zero-order chi connectivity index (χ0) is 16.8. The molecule has 126 valence electrons. The second-order valence-electron chi connectivity index (χ2n) is 5.73. The summed E-state index contributed by atoms with van der Waals surface area (Å²) >= 11 is 0. The highest BCUT2D eigenvalue weighted by atomic mass is 16.6. The van der Waals surface area contributed by atoms with Gasteiger partial charge in [0.2, 0.25) is 5.91 Å². The lowest BCUT2D eigenvalue weighted by Gasteiger charge is -2.20. The number of amides is 1. The first-order valence-corrected chi connectivity index (χ1v) is 7.76. The Hall–Kier alpha value is -2.15. The summed E-state index contributed by atoms with van der Waals surface area (Å²) in [6, 6.07) is 4.62. The summed E-state index contributed by atoms with van der Waals surface area (Å²) in [5, 5.41) is 13.8. The molecule has 23 heavy (non-hydrogen) atoms. The first kappa shape index (κ1) is 17.2. The fourth-order valence-corrected chi connectivity index (χ4v) is 2.56. The Kier molecular flexibility index (Phi) is 5.92. The van der Waals surface area contributed by atoms with E-state index in [1.807, 2.05) is 13.8 Å². The van der Waals surface area contributed by atoms with Crippen LogP contribution in [0.4, 0.5) is 5.69 Å². The third-order valence-corrected chi connectivity index (χ3v) is 3.81. The molecule has 0 radical (unpaired) electrons. The Morgan fingerprint density at radius 3 is 3.00 bits per heavy atom. The first-order valence-electron chi connectivity index (χ1n) is 7.76. The molecule has 1 fully saturated rings. The average Bonchev–Trinajstić information content (AvgIpc) is 3.01. The summed E-state index contributed by atoms with van der Waals surface area (Å²) in [6.45, 7) is 4.58. The fourth-order valence-electron chi connectivity index (χ4n) is 2.56. The maximum absolute atomic E-state index is 11.9. The van der Waals surface area contributed by atoms with Crippen LogP contribution in [0.25, 0.3) is 0 Å². The van der Waals surface area contributed by atoms with Crippen LogP contribution in [-0.4, -0.2) is 36.2 Å². The van der Waals surface area contributed by atoms with Gasteiger partial charge in [0.15, 0.2) is 5.75 Å². The molecule has 1 aromatic carbocycles. The number of aryl methyl sites for hydroxylation is 1. The van der Waals surface area contributed by atoms with Crippen LogP contribution in [0.2, 0.25) is 0 Å². The number of nitro groups is 1. The summed E-state index contributed by atoms with van der Waals surface area (Å²) in [4.78, 5) is 22.4. The minimum Gasteiger partial charge on any atom is -0.486 e. The quantitative estimate of drug-likeness (QED) is 0.614. The molecular formula is C16H22N2O5. The zero-order valence-corrected chi connectivity index (χ0v) is 13.4. The van der Waals surface area contributed by atoms with Crippen molar-refractivity contribution in [3.8, 4) is 5.75 Å². The second kappa shape index (κ2) is 7.92. The standard InChI is InChI=1S/C16H22N2O5/c1-11-5-6-13(18(20)21)15(10-11)23-9-7-16(19)17-12(2)14-4-3-8-22-14/h5-6,10,12,14H,3-4,7-9H2,1-2H3,(H,17,19)/t12-,14-/m1/s1. The minimum atomic E-state index is -0.492. The third kappa shape index (κ3) is 4.92. The summed E-state index contributed by atoms with van der Waals surface area (Å²) in [7, 11) is 0. The van der Waals surface area contributed by atoms with Crippen LogP contribution in [0, 0.1) is 17.0 Å². The van der Waals surface area contributed by atoms with Crippen LogP contribution in [0.3, 0.4) is 0 Å². The molecule has 0 aromatic heterocycles. The van der Waals surface area contributed by atoms with Gasteiger partial charge in [0.1, 0.15) is 0 Å². The molecule has 1 saturated heterocycles. The molecule has 1 heterocycles. The van der Waals surface area contributed by atoms with Crippen LogP contribution in [0.1, 0.15) is 31.7 Å². The van der Waals surface area contributed by atoms with E-state index in [9.17, 15) is 14.9 Å². The van der Waals surface area contributed by atoms with E-state index < -0.39 is 4.92 Å². The average molecular weight is 322 g/mol. The van der Waals surface area contributed by atoms with Gasteiger partial charge in [-0.15, -0.1) is 0 Å². The second-order valence-corrected chi connectivity index (χ2v) is 5.73. The van der Waals surface area contributed by atoms with Gasteiger partial charge in [-0.1, -0.05) is 6.07 Å².